The molecule has 7 heteroatoms. The molecule has 0 saturated heterocycles. The molecule has 4 rings (SSSR count). The molecule has 180 valence electrons. The Kier molecular flexibility index (Phi) is 5.77. The monoisotopic (exact) mass is 461 g/mol. The molecule has 8 atom stereocenters. The van der Waals surface area contributed by atoms with Crippen molar-refractivity contribution in [3.05, 3.63) is 0 Å². The van der Waals surface area contributed by atoms with Crippen molar-refractivity contribution in [2.45, 2.75) is 97.6 Å². The molecule has 6 nitrogen and oxygen atoms in total. The summed E-state index contributed by atoms with van der Waals surface area (Å²) in [6.45, 7) is 8.67. The lowest BCUT2D eigenvalue weighted by atomic mass is 9.50. The van der Waals surface area contributed by atoms with Crippen LogP contribution in [0.25, 0.3) is 0 Å². The van der Waals surface area contributed by atoms with Gasteiger partial charge in [-0.15, -0.1) is 0 Å². The van der Waals surface area contributed by atoms with Crippen LogP contribution in [-0.4, -0.2) is 50.0 Å². The molecule has 0 spiro atoms. The molecule has 0 heterocycles. The predicted molar refractivity (Wildman–Crippen MR) is 120 cm³/mol. The van der Waals surface area contributed by atoms with E-state index in [2.05, 4.69) is 0 Å². The molecule has 0 aromatic carbocycles. The van der Waals surface area contributed by atoms with E-state index in [1.54, 1.807) is 0 Å². The van der Waals surface area contributed by atoms with Gasteiger partial charge in [0.05, 0.1) is 13.6 Å². The number of hydroxylamine groups is 3. The molecule has 4 aliphatic rings. The van der Waals surface area contributed by atoms with Crippen molar-refractivity contribution in [1.82, 2.24) is 0 Å². The summed E-state index contributed by atoms with van der Waals surface area (Å²) in [5.74, 6) is 1.69. The first-order valence-electron chi connectivity index (χ1n) is 14.0. The molecular formula is C24H44NO5S+. The zero-order valence-electron chi connectivity index (χ0n) is 22.7. The molecule has 0 unspecified atom stereocenters. The minimum absolute atomic E-state index is 0.107. The van der Waals surface area contributed by atoms with Gasteiger partial charge in [0.2, 0.25) is 0 Å². The maximum atomic E-state index is 13.1. The number of rotatable bonds is 7. The summed E-state index contributed by atoms with van der Waals surface area (Å²) < 4.78 is 64.0. The topological polar surface area (TPSA) is 72.8 Å². The number of quaternary nitrogens is 1. The third-order valence-electron chi connectivity index (χ3n) is 9.48. The molecule has 0 amide bonds. The molecule has 0 radical (unpaired) electrons. The van der Waals surface area contributed by atoms with Gasteiger partial charge in [-0.1, -0.05) is 6.92 Å². The Hall–Kier alpha value is -0.210. The highest BCUT2D eigenvalue weighted by molar-refractivity contribution is 7.81. The van der Waals surface area contributed by atoms with Gasteiger partial charge in [-0.2, -0.15) is 13.1 Å². The van der Waals surface area contributed by atoms with E-state index in [1.807, 2.05) is 27.7 Å². The Morgan fingerprint density at radius 1 is 1.03 bits per heavy atom. The summed E-state index contributed by atoms with van der Waals surface area (Å²) in [5, 5.41) is 10.2. The van der Waals surface area contributed by atoms with Gasteiger partial charge in [0.25, 0.3) is 0 Å². The first-order chi connectivity index (χ1) is 15.8. The van der Waals surface area contributed by atoms with Crippen molar-refractivity contribution in [2.75, 3.05) is 19.6 Å². The first kappa shape index (κ1) is 20.2. The Balaban J connectivity index is 1.61. The van der Waals surface area contributed by atoms with Crippen molar-refractivity contribution in [3.63, 3.8) is 0 Å². The van der Waals surface area contributed by atoms with Gasteiger partial charge in [-0.3, -0.25) is 0 Å². The summed E-state index contributed by atoms with van der Waals surface area (Å²) in [4.78, 5) is 0. The maximum absolute atomic E-state index is 13.1. The summed E-state index contributed by atoms with van der Waals surface area (Å²) in [5.41, 5.74) is -0.921. The van der Waals surface area contributed by atoms with Gasteiger partial charge in [-0.25, -0.2) is 4.18 Å². The Bertz CT molecular complexity index is 860. The largest absolute Gasteiger partial charge is 0.444 e. The number of aliphatic hydroxyl groups excluding tert-OH is 1. The van der Waals surface area contributed by atoms with Crippen LogP contribution >= 0.6 is 0 Å². The van der Waals surface area contributed by atoms with E-state index < -0.39 is 28.3 Å². The molecule has 4 fully saturated rings. The first-order valence-corrected chi connectivity index (χ1v) is 13.8. The van der Waals surface area contributed by atoms with Crippen LogP contribution < -0.4 is 0 Å². The lowest BCUT2D eigenvalue weighted by Crippen LogP contribution is -2.52. The van der Waals surface area contributed by atoms with Gasteiger partial charge in [0.15, 0.2) is 0 Å². The molecule has 0 aromatic rings. The van der Waals surface area contributed by atoms with Gasteiger partial charge >= 0.3 is 10.4 Å². The summed E-state index contributed by atoms with van der Waals surface area (Å²) in [6.07, 6.45) is 1.70. The number of nitrogens with zero attached hydrogens (tertiary/aromatic N) is 1. The molecule has 4 saturated carbocycles. The molecule has 4 aliphatic carbocycles. The lowest BCUT2D eigenvalue weighted by molar-refractivity contribution is -1.08. The maximum Gasteiger partial charge on any atom is 0.444 e. The molecule has 31 heavy (non-hydrogen) atoms. The SMILES string of the molecule is [2H]C1([2H])C[C@H]2[C@@H]3CC[C@H]4C[C@H](O)CC[C@@H]4[C@H]3CC[C@]2(C)[C@]1([2H])OS(=O)(=O)O[N+](CC)(CC)CC. The fourth-order valence-electron chi connectivity index (χ4n) is 7.48. The second-order valence-electron chi connectivity index (χ2n) is 10.6. The average Bonchev–Trinajstić information content (AvgIpc) is 2.93. The average molecular weight is 462 g/mol. The zero-order valence-corrected chi connectivity index (χ0v) is 20.5. The van der Waals surface area contributed by atoms with E-state index in [9.17, 15) is 14.9 Å². The van der Waals surface area contributed by atoms with Gasteiger partial charge in [0, 0.05) is 2.74 Å². The summed E-state index contributed by atoms with van der Waals surface area (Å²) >= 11 is 0. The van der Waals surface area contributed by atoms with Gasteiger partial charge < -0.3 is 5.11 Å². The number of aliphatic hydroxyl groups is 1. The number of hydrogen-bond donors (Lipinski definition) is 1. The van der Waals surface area contributed by atoms with E-state index in [-0.39, 0.29) is 29.0 Å². The number of hydrogen-bond acceptors (Lipinski definition) is 5. The van der Waals surface area contributed by atoms with E-state index in [1.165, 1.54) is 0 Å². The van der Waals surface area contributed by atoms with Crippen molar-refractivity contribution in [3.8, 4) is 0 Å². The highest BCUT2D eigenvalue weighted by atomic mass is 32.3. The molecule has 0 bridgehead atoms. The molecule has 0 aliphatic heterocycles. The van der Waals surface area contributed by atoms with Crippen LogP contribution in [0.2, 0.25) is 0 Å². The van der Waals surface area contributed by atoms with Crippen molar-refractivity contribution in [2.24, 2.45) is 35.0 Å². The minimum atomic E-state index is -4.61. The standard InChI is InChI=1S/C24H44NO5S/c1-5-25(6-2,7-3)30-31(27,28)29-23-13-12-22-21-10-8-17-16-18(26)9-11-19(17)20(21)14-15-24(22,23)4/h17-23,26H,5-16H2,1-4H3/q+1/t17-,18+,19-,20+,21+,22-,23+,24-/m0/s1/i13D2,23D. The van der Waals surface area contributed by atoms with E-state index in [4.69, 9.17) is 11.2 Å². The summed E-state index contributed by atoms with van der Waals surface area (Å²) in [6, 6.07) is 0. The van der Waals surface area contributed by atoms with Crippen molar-refractivity contribution >= 4 is 10.4 Å². The Labute approximate surface area is 193 Å². The summed E-state index contributed by atoms with van der Waals surface area (Å²) in [7, 11) is -4.61. The lowest BCUT2D eigenvalue weighted by Gasteiger charge is -2.55. The normalized spacial score (nSPS) is 48.6. The van der Waals surface area contributed by atoms with Gasteiger partial charge in [-0.05, 0) is 118 Å². The van der Waals surface area contributed by atoms with Gasteiger partial charge in [0.1, 0.15) is 19.6 Å². The van der Waals surface area contributed by atoms with Crippen LogP contribution in [-0.2, 0) is 18.9 Å². The van der Waals surface area contributed by atoms with Crippen LogP contribution in [0.15, 0.2) is 0 Å². The van der Waals surface area contributed by atoms with Crippen molar-refractivity contribution in [1.29, 1.82) is 0 Å². The zero-order chi connectivity index (χ0) is 25.2. The molecular weight excluding hydrogens is 414 g/mol. The highest BCUT2D eigenvalue weighted by Crippen LogP contribution is 2.63. The third-order valence-corrected chi connectivity index (χ3v) is 10.4. The van der Waals surface area contributed by atoms with E-state index in [0.29, 0.717) is 43.8 Å². The second kappa shape index (κ2) is 8.86. The fraction of sp³-hybridized carbons (Fsp3) is 1.00. The minimum Gasteiger partial charge on any atom is -0.393 e. The second-order valence-corrected chi connectivity index (χ2v) is 11.8. The highest BCUT2D eigenvalue weighted by Gasteiger charge is 2.58. The Morgan fingerprint density at radius 2 is 1.71 bits per heavy atom. The van der Waals surface area contributed by atoms with Crippen LogP contribution in [0.1, 0.15) is 89.5 Å². The van der Waals surface area contributed by atoms with Crippen LogP contribution in [0.3, 0.4) is 0 Å². The van der Waals surface area contributed by atoms with Crippen LogP contribution in [0.4, 0.5) is 0 Å². The third kappa shape index (κ3) is 4.34. The smallest absolute Gasteiger partial charge is 0.393 e. The van der Waals surface area contributed by atoms with Crippen LogP contribution in [0, 0.1) is 35.0 Å². The molecule has 0 aromatic heterocycles. The Morgan fingerprint density at radius 3 is 2.39 bits per heavy atom. The van der Waals surface area contributed by atoms with E-state index in [0.717, 1.165) is 38.5 Å². The van der Waals surface area contributed by atoms with Crippen molar-refractivity contribution < 1.29 is 30.7 Å². The number of fused-ring (bicyclic) bond motifs is 5. The fourth-order valence-corrected chi connectivity index (χ4v) is 8.66. The molecule has 1 N–H and O–H groups in total. The predicted octanol–water partition coefficient (Wildman–Crippen LogP) is 4.44. The van der Waals surface area contributed by atoms with E-state index >= 15 is 0 Å². The quantitative estimate of drug-likeness (QED) is 0.448. The van der Waals surface area contributed by atoms with Crippen LogP contribution in [0.5, 0.6) is 0 Å².